The molecule has 0 aliphatic carbocycles. The van der Waals surface area contributed by atoms with Crippen LogP contribution in [0.2, 0.25) is 0 Å². The Labute approximate surface area is 93.7 Å². The van der Waals surface area contributed by atoms with Crippen LogP contribution in [0, 0.1) is 11.8 Å². The summed E-state index contributed by atoms with van der Waals surface area (Å²) < 4.78 is 0. The topological polar surface area (TPSA) is 41.6 Å². The molecule has 0 amide bonds. The molecular weight excluding hydrogens is 186 g/mol. The molecule has 0 saturated carbocycles. The number of piperidine rings is 1. The maximum Gasteiger partial charge on any atom is 0.0962 e. The van der Waals surface area contributed by atoms with E-state index in [1.165, 1.54) is 32.5 Å². The van der Waals surface area contributed by atoms with Crippen molar-refractivity contribution in [2.24, 2.45) is 22.6 Å². The van der Waals surface area contributed by atoms with E-state index in [4.69, 9.17) is 5.73 Å². The van der Waals surface area contributed by atoms with Gasteiger partial charge in [-0.15, -0.1) is 0 Å². The summed E-state index contributed by atoms with van der Waals surface area (Å²) in [5.41, 5.74) is 5.83. The summed E-state index contributed by atoms with van der Waals surface area (Å²) in [4.78, 5) is 6.98. The number of amidine groups is 1. The van der Waals surface area contributed by atoms with Crippen LogP contribution in [-0.4, -0.2) is 36.9 Å². The molecule has 0 atom stereocenters. The van der Waals surface area contributed by atoms with E-state index in [9.17, 15) is 0 Å². The first-order chi connectivity index (χ1) is 7.13. The molecule has 1 rings (SSSR count). The summed E-state index contributed by atoms with van der Waals surface area (Å²) in [6.45, 7) is 11.0. The number of hydrogen-bond donors (Lipinski definition) is 1. The normalized spacial score (nSPS) is 21.2. The SMILES string of the molecule is CCN1CCC(CN=C(N)C(C)C)CC1. The third-order valence-electron chi connectivity index (χ3n) is 3.28. The third-order valence-corrected chi connectivity index (χ3v) is 3.28. The van der Waals surface area contributed by atoms with Crippen molar-refractivity contribution in [1.82, 2.24) is 4.90 Å². The Kier molecular flexibility index (Phi) is 5.09. The fraction of sp³-hybridized carbons (Fsp3) is 0.917. The van der Waals surface area contributed by atoms with Crippen LogP contribution in [0.1, 0.15) is 33.6 Å². The zero-order valence-corrected chi connectivity index (χ0v) is 10.4. The van der Waals surface area contributed by atoms with E-state index in [-0.39, 0.29) is 0 Å². The van der Waals surface area contributed by atoms with Gasteiger partial charge in [0.05, 0.1) is 5.84 Å². The number of hydrogen-bond acceptors (Lipinski definition) is 2. The summed E-state index contributed by atoms with van der Waals surface area (Å²) in [7, 11) is 0. The van der Waals surface area contributed by atoms with E-state index in [1.807, 2.05) is 0 Å². The zero-order valence-electron chi connectivity index (χ0n) is 10.4. The quantitative estimate of drug-likeness (QED) is 0.568. The second-order valence-electron chi connectivity index (χ2n) is 4.80. The summed E-state index contributed by atoms with van der Waals surface area (Å²) in [6, 6.07) is 0. The van der Waals surface area contributed by atoms with E-state index >= 15 is 0 Å². The molecule has 0 unspecified atom stereocenters. The lowest BCUT2D eigenvalue weighted by molar-refractivity contribution is 0.196. The van der Waals surface area contributed by atoms with Crippen LogP contribution >= 0.6 is 0 Å². The number of nitrogens with two attached hydrogens (primary N) is 1. The fourth-order valence-corrected chi connectivity index (χ4v) is 1.90. The molecule has 1 aliphatic heterocycles. The number of likely N-dealkylation sites (tertiary alicyclic amines) is 1. The summed E-state index contributed by atoms with van der Waals surface area (Å²) in [6.07, 6.45) is 2.56. The highest BCUT2D eigenvalue weighted by Crippen LogP contribution is 2.17. The summed E-state index contributed by atoms with van der Waals surface area (Å²) in [5.74, 6) is 1.96. The Morgan fingerprint density at radius 2 is 2.00 bits per heavy atom. The van der Waals surface area contributed by atoms with Crippen molar-refractivity contribution < 1.29 is 0 Å². The van der Waals surface area contributed by atoms with Crippen LogP contribution in [0.5, 0.6) is 0 Å². The number of aliphatic imine (C=N–C) groups is 1. The highest BCUT2D eigenvalue weighted by Gasteiger charge is 2.17. The largest absolute Gasteiger partial charge is 0.387 e. The van der Waals surface area contributed by atoms with Gasteiger partial charge in [-0.05, 0) is 38.4 Å². The van der Waals surface area contributed by atoms with Crippen molar-refractivity contribution in [3.63, 3.8) is 0 Å². The van der Waals surface area contributed by atoms with E-state index in [0.29, 0.717) is 5.92 Å². The zero-order chi connectivity index (χ0) is 11.3. The van der Waals surface area contributed by atoms with E-state index < -0.39 is 0 Å². The summed E-state index contributed by atoms with van der Waals surface area (Å²) in [5, 5.41) is 0. The highest BCUT2D eigenvalue weighted by molar-refractivity contribution is 5.82. The van der Waals surface area contributed by atoms with Crippen molar-refractivity contribution in [2.75, 3.05) is 26.2 Å². The van der Waals surface area contributed by atoms with Crippen molar-refractivity contribution in [1.29, 1.82) is 0 Å². The van der Waals surface area contributed by atoms with Crippen LogP contribution in [0.4, 0.5) is 0 Å². The van der Waals surface area contributed by atoms with Gasteiger partial charge >= 0.3 is 0 Å². The van der Waals surface area contributed by atoms with Crippen molar-refractivity contribution in [2.45, 2.75) is 33.6 Å². The first-order valence-corrected chi connectivity index (χ1v) is 6.15. The Hall–Kier alpha value is -0.570. The first-order valence-electron chi connectivity index (χ1n) is 6.15. The molecule has 3 heteroatoms. The number of rotatable bonds is 4. The first kappa shape index (κ1) is 12.5. The van der Waals surface area contributed by atoms with Gasteiger partial charge in [0.15, 0.2) is 0 Å². The van der Waals surface area contributed by atoms with Crippen LogP contribution in [0.3, 0.4) is 0 Å². The molecule has 0 radical (unpaired) electrons. The molecule has 0 aromatic rings. The van der Waals surface area contributed by atoms with Gasteiger partial charge in [-0.3, -0.25) is 4.99 Å². The molecule has 1 heterocycles. The molecule has 1 fully saturated rings. The van der Waals surface area contributed by atoms with Crippen molar-refractivity contribution in [3.8, 4) is 0 Å². The maximum atomic E-state index is 5.83. The molecule has 0 aromatic carbocycles. The molecule has 15 heavy (non-hydrogen) atoms. The third kappa shape index (κ3) is 4.20. The molecule has 1 saturated heterocycles. The molecule has 0 bridgehead atoms. The lowest BCUT2D eigenvalue weighted by atomic mass is 9.97. The maximum absolute atomic E-state index is 5.83. The van der Waals surface area contributed by atoms with Gasteiger partial charge in [0.25, 0.3) is 0 Å². The average molecular weight is 211 g/mol. The van der Waals surface area contributed by atoms with E-state index in [2.05, 4.69) is 30.7 Å². The van der Waals surface area contributed by atoms with Crippen molar-refractivity contribution in [3.05, 3.63) is 0 Å². The van der Waals surface area contributed by atoms with Gasteiger partial charge in [0.2, 0.25) is 0 Å². The van der Waals surface area contributed by atoms with Gasteiger partial charge in [-0.1, -0.05) is 20.8 Å². The molecule has 0 spiro atoms. The molecule has 88 valence electrons. The Morgan fingerprint density at radius 1 is 1.40 bits per heavy atom. The van der Waals surface area contributed by atoms with Crippen LogP contribution in [-0.2, 0) is 0 Å². The Morgan fingerprint density at radius 3 is 2.47 bits per heavy atom. The van der Waals surface area contributed by atoms with Crippen LogP contribution in [0.15, 0.2) is 4.99 Å². The lowest BCUT2D eigenvalue weighted by Crippen LogP contribution is -2.34. The van der Waals surface area contributed by atoms with E-state index in [1.54, 1.807) is 0 Å². The second kappa shape index (κ2) is 6.11. The molecule has 0 aromatic heterocycles. The second-order valence-corrected chi connectivity index (χ2v) is 4.80. The Bertz CT molecular complexity index is 203. The Balaban J connectivity index is 2.27. The standard InChI is InChI=1S/C12H25N3/c1-4-15-7-5-11(6-8-15)9-14-12(13)10(2)3/h10-11H,4-9H2,1-3H3,(H2,13,14). The predicted molar refractivity (Wildman–Crippen MR) is 66.2 cm³/mol. The average Bonchev–Trinajstić information content (AvgIpc) is 2.26. The minimum absolute atomic E-state index is 0.390. The molecule has 3 nitrogen and oxygen atoms in total. The minimum Gasteiger partial charge on any atom is -0.387 e. The smallest absolute Gasteiger partial charge is 0.0962 e. The molecule has 1 aliphatic rings. The van der Waals surface area contributed by atoms with Gasteiger partial charge in [-0.25, -0.2) is 0 Å². The highest BCUT2D eigenvalue weighted by atomic mass is 15.1. The molecule has 2 N–H and O–H groups in total. The minimum atomic E-state index is 0.390. The monoisotopic (exact) mass is 211 g/mol. The van der Waals surface area contributed by atoms with E-state index in [0.717, 1.165) is 18.3 Å². The van der Waals surface area contributed by atoms with Gasteiger partial charge in [0, 0.05) is 12.5 Å². The van der Waals surface area contributed by atoms with Gasteiger partial charge < -0.3 is 10.6 Å². The molecular formula is C12H25N3. The lowest BCUT2D eigenvalue weighted by Gasteiger charge is -2.30. The predicted octanol–water partition coefficient (Wildman–Crippen LogP) is 1.73. The summed E-state index contributed by atoms with van der Waals surface area (Å²) >= 11 is 0. The fourth-order valence-electron chi connectivity index (χ4n) is 1.90. The van der Waals surface area contributed by atoms with Crippen molar-refractivity contribution >= 4 is 5.84 Å². The number of nitrogens with zero attached hydrogens (tertiary/aromatic N) is 2. The van der Waals surface area contributed by atoms with Crippen LogP contribution < -0.4 is 5.73 Å². The van der Waals surface area contributed by atoms with Gasteiger partial charge in [-0.2, -0.15) is 0 Å². The van der Waals surface area contributed by atoms with Gasteiger partial charge in [0.1, 0.15) is 0 Å². The van der Waals surface area contributed by atoms with Crippen LogP contribution in [0.25, 0.3) is 0 Å².